The maximum absolute atomic E-state index is 5.35. The summed E-state index contributed by atoms with van der Waals surface area (Å²) < 4.78 is 0. The standard InChI is InChI=1S/C54H35N3/c1-5-19-36(20-6-1)51-55-52(37-21-7-2-8-22-37)57-53(56-51)50-46-31-16-14-28-42(46)41-27-13-15-30-45(41)49(50)38-33-34-44-43-29-17-18-32-47(43)54(48(44)35-38,39-23-9-3-10-24-39)40-25-11-4-12-26-40/h1-35H. The van der Waals surface area contributed by atoms with Crippen molar-refractivity contribution in [3.8, 4) is 56.4 Å². The molecule has 3 heteroatoms. The number of fused-ring (bicyclic) bond motifs is 6. The zero-order valence-corrected chi connectivity index (χ0v) is 31.0. The molecule has 57 heavy (non-hydrogen) atoms. The lowest BCUT2D eigenvalue weighted by molar-refractivity contribution is 0.769. The molecule has 0 bridgehead atoms. The molecule has 0 fully saturated rings. The molecule has 0 aliphatic heterocycles. The molecule has 9 aromatic carbocycles. The van der Waals surface area contributed by atoms with Crippen molar-refractivity contribution in [3.05, 3.63) is 235 Å². The molecule has 0 saturated carbocycles. The highest BCUT2D eigenvalue weighted by atomic mass is 15.0. The Balaban J connectivity index is 1.27. The number of benzene rings is 9. The molecule has 0 spiro atoms. The molecule has 1 heterocycles. The van der Waals surface area contributed by atoms with Crippen LogP contribution in [0, 0.1) is 0 Å². The van der Waals surface area contributed by atoms with Crippen LogP contribution in [0.15, 0.2) is 212 Å². The van der Waals surface area contributed by atoms with Crippen LogP contribution in [0.4, 0.5) is 0 Å². The van der Waals surface area contributed by atoms with E-state index >= 15 is 0 Å². The largest absolute Gasteiger partial charge is 0.208 e. The third-order valence-corrected chi connectivity index (χ3v) is 11.6. The van der Waals surface area contributed by atoms with E-state index in [9.17, 15) is 0 Å². The molecule has 0 amide bonds. The quantitative estimate of drug-likeness (QED) is 0.160. The lowest BCUT2D eigenvalue weighted by Crippen LogP contribution is -2.28. The predicted molar refractivity (Wildman–Crippen MR) is 234 cm³/mol. The van der Waals surface area contributed by atoms with E-state index in [0.29, 0.717) is 17.5 Å². The Morgan fingerprint density at radius 1 is 0.281 bits per heavy atom. The van der Waals surface area contributed by atoms with Crippen molar-refractivity contribution >= 4 is 21.5 Å². The maximum atomic E-state index is 5.35. The van der Waals surface area contributed by atoms with Crippen LogP contribution in [-0.4, -0.2) is 15.0 Å². The van der Waals surface area contributed by atoms with Crippen LogP contribution in [0.2, 0.25) is 0 Å². The molecule has 0 unspecified atom stereocenters. The van der Waals surface area contributed by atoms with E-state index < -0.39 is 5.41 Å². The van der Waals surface area contributed by atoms with Crippen molar-refractivity contribution in [2.75, 3.05) is 0 Å². The van der Waals surface area contributed by atoms with Gasteiger partial charge in [0.15, 0.2) is 17.5 Å². The summed E-state index contributed by atoms with van der Waals surface area (Å²) >= 11 is 0. The van der Waals surface area contributed by atoms with E-state index in [2.05, 4.69) is 176 Å². The Morgan fingerprint density at radius 2 is 0.702 bits per heavy atom. The van der Waals surface area contributed by atoms with Crippen LogP contribution in [0.1, 0.15) is 22.3 Å². The van der Waals surface area contributed by atoms with E-state index in [0.717, 1.165) is 44.0 Å². The van der Waals surface area contributed by atoms with Crippen molar-refractivity contribution in [2.45, 2.75) is 5.41 Å². The number of aromatic nitrogens is 3. The monoisotopic (exact) mass is 725 g/mol. The second-order valence-corrected chi connectivity index (χ2v) is 14.7. The van der Waals surface area contributed by atoms with Gasteiger partial charge in [0.25, 0.3) is 0 Å². The van der Waals surface area contributed by atoms with E-state index in [4.69, 9.17) is 15.0 Å². The van der Waals surface area contributed by atoms with E-state index in [-0.39, 0.29) is 0 Å². The second-order valence-electron chi connectivity index (χ2n) is 14.7. The Morgan fingerprint density at radius 3 is 1.26 bits per heavy atom. The summed E-state index contributed by atoms with van der Waals surface area (Å²) in [7, 11) is 0. The minimum Gasteiger partial charge on any atom is -0.208 e. The maximum Gasteiger partial charge on any atom is 0.165 e. The smallest absolute Gasteiger partial charge is 0.165 e. The molecule has 266 valence electrons. The Kier molecular flexibility index (Phi) is 7.71. The van der Waals surface area contributed by atoms with Gasteiger partial charge < -0.3 is 0 Å². The Labute approximate surface area is 331 Å². The molecular weight excluding hydrogens is 691 g/mol. The fraction of sp³-hybridized carbons (Fsp3) is 0.0185. The minimum absolute atomic E-state index is 0.536. The zero-order valence-electron chi connectivity index (χ0n) is 31.0. The zero-order chi connectivity index (χ0) is 37.8. The van der Waals surface area contributed by atoms with Gasteiger partial charge in [-0.1, -0.05) is 206 Å². The number of hydrogen-bond donors (Lipinski definition) is 0. The van der Waals surface area contributed by atoms with Crippen molar-refractivity contribution in [3.63, 3.8) is 0 Å². The highest BCUT2D eigenvalue weighted by molar-refractivity contribution is 6.21. The molecule has 0 atom stereocenters. The molecule has 1 aromatic heterocycles. The molecule has 1 aliphatic carbocycles. The predicted octanol–water partition coefficient (Wildman–Crippen LogP) is 13.2. The van der Waals surface area contributed by atoms with Crippen molar-refractivity contribution in [1.29, 1.82) is 0 Å². The average Bonchev–Trinajstić information content (AvgIpc) is 3.60. The van der Waals surface area contributed by atoms with Crippen LogP contribution in [0.5, 0.6) is 0 Å². The number of nitrogens with zero attached hydrogens (tertiary/aromatic N) is 3. The van der Waals surface area contributed by atoms with Gasteiger partial charge in [-0.2, -0.15) is 0 Å². The first kappa shape index (κ1) is 32.9. The summed E-state index contributed by atoms with van der Waals surface area (Å²) in [6.45, 7) is 0. The third kappa shape index (κ3) is 5.17. The summed E-state index contributed by atoms with van der Waals surface area (Å²) in [5.41, 5.74) is 12.1. The van der Waals surface area contributed by atoms with Crippen LogP contribution in [-0.2, 0) is 5.41 Å². The first-order valence-electron chi connectivity index (χ1n) is 19.5. The van der Waals surface area contributed by atoms with Crippen LogP contribution in [0.25, 0.3) is 78.0 Å². The van der Waals surface area contributed by atoms with Gasteiger partial charge >= 0.3 is 0 Å². The Hall–Kier alpha value is -7.49. The fourth-order valence-corrected chi connectivity index (χ4v) is 9.19. The summed E-state index contributed by atoms with van der Waals surface area (Å²) in [6, 6.07) is 75.9. The SMILES string of the molecule is c1ccc(-c2nc(-c3ccccc3)nc(-c3c(-c4ccc5c(c4)C(c4ccccc4)(c4ccccc4)c4ccccc4-5)c4ccccc4c4ccccc34)n2)cc1. The second kappa shape index (κ2) is 13.4. The van der Waals surface area contributed by atoms with E-state index in [1.54, 1.807) is 0 Å². The third-order valence-electron chi connectivity index (χ3n) is 11.6. The van der Waals surface area contributed by atoms with Gasteiger partial charge in [-0.3, -0.25) is 0 Å². The van der Waals surface area contributed by atoms with Gasteiger partial charge in [-0.05, 0) is 66.6 Å². The van der Waals surface area contributed by atoms with Crippen LogP contribution >= 0.6 is 0 Å². The Bertz CT molecular complexity index is 3010. The summed E-state index contributed by atoms with van der Waals surface area (Å²) in [6.07, 6.45) is 0. The van der Waals surface area contributed by atoms with E-state index in [1.807, 2.05) is 36.4 Å². The molecule has 0 saturated heterocycles. The van der Waals surface area contributed by atoms with Crippen LogP contribution in [0.3, 0.4) is 0 Å². The van der Waals surface area contributed by atoms with Gasteiger partial charge in [0, 0.05) is 22.3 Å². The molecular formula is C54H35N3. The van der Waals surface area contributed by atoms with E-state index in [1.165, 1.54) is 38.8 Å². The van der Waals surface area contributed by atoms with Gasteiger partial charge in [0.1, 0.15) is 0 Å². The first-order valence-corrected chi connectivity index (χ1v) is 19.5. The molecule has 11 rings (SSSR count). The number of hydrogen-bond acceptors (Lipinski definition) is 3. The molecule has 0 N–H and O–H groups in total. The molecule has 1 aliphatic rings. The lowest BCUT2D eigenvalue weighted by atomic mass is 9.67. The average molecular weight is 726 g/mol. The number of rotatable bonds is 6. The van der Waals surface area contributed by atoms with Gasteiger partial charge in [-0.15, -0.1) is 0 Å². The highest BCUT2D eigenvalue weighted by Crippen LogP contribution is 2.57. The topological polar surface area (TPSA) is 38.7 Å². The van der Waals surface area contributed by atoms with Gasteiger partial charge in [-0.25, -0.2) is 15.0 Å². The summed E-state index contributed by atoms with van der Waals surface area (Å²) in [5.74, 6) is 1.92. The molecule has 0 radical (unpaired) electrons. The van der Waals surface area contributed by atoms with Gasteiger partial charge in [0.05, 0.1) is 5.41 Å². The lowest BCUT2D eigenvalue weighted by Gasteiger charge is -2.34. The van der Waals surface area contributed by atoms with Crippen molar-refractivity contribution in [1.82, 2.24) is 15.0 Å². The summed E-state index contributed by atoms with van der Waals surface area (Å²) in [5, 5.41) is 4.59. The van der Waals surface area contributed by atoms with Crippen LogP contribution < -0.4 is 0 Å². The van der Waals surface area contributed by atoms with Gasteiger partial charge in [0.2, 0.25) is 0 Å². The van der Waals surface area contributed by atoms with Crippen molar-refractivity contribution < 1.29 is 0 Å². The van der Waals surface area contributed by atoms with Crippen molar-refractivity contribution in [2.24, 2.45) is 0 Å². The summed E-state index contributed by atoms with van der Waals surface area (Å²) in [4.78, 5) is 15.8. The normalized spacial score (nSPS) is 12.7. The first-order chi connectivity index (χ1) is 28.3. The molecule has 3 nitrogen and oxygen atoms in total. The fourth-order valence-electron chi connectivity index (χ4n) is 9.19. The minimum atomic E-state index is -0.536. The highest BCUT2D eigenvalue weighted by Gasteiger charge is 2.46. The molecule has 10 aromatic rings.